The average molecular weight is 159 g/mol. The minimum absolute atomic E-state index is 0.421. The number of rotatable bonds is 1. The first-order valence-electron chi connectivity index (χ1n) is 4.69. The molecule has 2 aliphatic rings. The van der Waals surface area contributed by atoms with Gasteiger partial charge in [-0.1, -0.05) is 20.8 Å². The minimum atomic E-state index is -0.437. The predicted molar refractivity (Wildman–Crippen MR) is 45.3 cm³/mol. The summed E-state index contributed by atoms with van der Waals surface area (Å²) < 4.78 is 12.5. The first kappa shape index (κ1) is 8.98. The van der Waals surface area contributed by atoms with Gasteiger partial charge in [-0.15, -0.1) is 0 Å². The molecule has 11 heavy (non-hydrogen) atoms. The highest BCUT2D eigenvalue weighted by Crippen LogP contribution is 2.47. The Morgan fingerprint density at radius 3 is 2.09 bits per heavy atom. The third-order valence-electron chi connectivity index (χ3n) is 2.61. The van der Waals surface area contributed by atoms with Crippen molar-refractivity contribution in [3.63, 3.8) is 0 Å². The zero-order chi connectivity index (χ0) is 8.43. The van der Waals surface area contributed by atoms with E-state index < -0.39 is 6.17 Å². The molecule has 2 heteroatoms. The van der Waals surface area contributed by atoms with Crippen molar-refractivity contribution in [2.75, 3.05) is 19.6 Å². The van der Waals surface area contributed by atoms with Gasteiger partial charge < -0.3 is 4.90 Å². The second kappa shape index (κ2) is 3.53. The van der Waals surface area contributed by atoms with E-state index in [0.29, 0.717) is 11.8 Å². The number of likely N-dealkylation sites (tertiary alicyclic amines) is 1. The van der Waals surface area contributed by atoms with Crippen LogP contribution in [0.25, 0.3) is 0 Å². The number of hydrogen-bond donors (Lipinski definition) is 0. The molecule has 2 rings (SSSR count). The number of alkyl halides is 1. The average Bonchev–Trinajstić information content (AvgIpc) is 2.57. The summed E-state index contributed by atoms with van der Waals surface area (Å²) in [5, 5.41) is 0. The SMILES string of the molecule is CC.CCN1CC2C(F)C2C1. The van der Waals surface area contributed by atoms with E-state index in [-0.39, 0.29) is 0 Å². The van der Waals surface area contributed by atoms with Crippen molar-refractivity contribution >= 4 is 0 Å². The van der Waals surface area contributed by atoms with Crippen LogP contribution in [-0.4, -0.2) is 30.7 Å². The third-order valence-corrected chi connectivity index (χ3v) is 2.61. The molecule has 1 saturated carbocycles. The maximum Gasteiger partial charge on any atom is 0.109 e. The number of piperidine rings is 1. The summed E-state index contributed by atoms with van der Waals surface area (Å²) in [5.41, 5.74) is 0. The van der Waals surface area contributed by atoms with Crippen molar-refractivity contribution < 1.29 is 4.39 Å². The normalized spacial score (nSPS) is 40.9. The lowest BCUT2D eigenvalue weighted by Crippen LogP contribution is -2.24. The third kappa shape index (κ3) is 1.56. The molecule has 0 N–H and O–H groups in total. The van der Waals surface area contributed by atoms with Crippen LogP contribution in [0.3, 0.4) is 0 Å². The lowest BCUT2D eigenvalue weighted by atomic mass is 10.4. The molecular formula is C9H18FN. The molecule has 0 radical (unpaired) electrons. The van der Waals surface area contributed by atoms with Crippen molar-refractivity contribution in [1.82, 2.24) is 4.90 Å². The van der Waals surface area contributed by atoms with Crippen LogP contribution < -0.4 is 0 Å². The smallest absolute Gasteiger partial charge is 0.109 e. The van der Waals surface area contributed by atoms with Gasteiger partial charge >= 0.3 is 0 Å². The summed E-state index contributed by atoms with van der Waals surface area (Å²) in [4.78, 5) is 2.32. The molecule has 1 aliphatic heterocycles. The summed E-state index contributed by atoms with van der Waals surface area (Å²) in [6, 6.07) is 0. The second-order valence-corrected chi connectivity index (χ2v) is 3.12. The van der Waals surface area contributed by atoms with E-state index in [1.165, 1.54) is 0 Å². The number of nitrogens with zero attached hydrogens (tertiary/aromatic N) is 1. The van der Waals surface area contributed by atoms with Gasteiger partial charge in [-0.2, -0.15) is 0 Å². The lowest BCUT2D eigenvalue weighted by molar-refractivity contribution is 0.270. The Kier molecular flexibility index (Phi) is 2.88. The van der Waals surface area contributed by atoms with Gasteiger partial charge in [-0.05, 0) is 6.54 Å². The summed E-state index contributed by atoms with van der Waals surface area (Å²) in [5.74, 6) is 0.842. The standard InChI is InChI=1S/C7H12FN.C2H6/c1-2-9-3-5-6(4-9)7(5)8;1-2/h5-7H,2-4H2,1H3;1-2H3. The second-order valence-electron chi connectivity index (χ2n) is 3.12. The Balaban J connectivity index is 0.000000281. The molecule has 1 aliphatic carbocycles. The highest BCUT2D eigenvalue weighted by molar-refractivity contribution is 5.05. The monoisotopic (exact) mass is 159 g/mol. The summed E-state index contributed by atoms with van der Waals surface area (Å²) in [7, 11) is 0. The van der Waals surface area contributed by atoms with Crippen molar-refractivity contribution in [2.45, 2.75) is 26.9 Å². The van der Waals surface area contributed by atoms with Crippen LogP contribution in [-0.2, 0) is 0 Å². The van der Waals surface area contributed by atoms with Gasteiger partial charge in [0, 0.05) is 24.9 Å². The molecule has 0 aromatic rings. The van der Waals surface area contributed by atoms with E-state index in [2.05, 4.69) is 11.8 Å². The molecule has 66 valence electrons. The van der Waals surface area contributed by atoms with Crippen LogP contribution in [0.2, 0.25) is 0 Å². The van der Waals surface area contributed by atoms with Crippen molar-refractivity contribution in [1.29, 1.82) is 0 Å². The fourth-order valence-corrected chi connectivity index (χ4v) is 1.80. The predicted octanol–water partition coefficient (Wildman–Crippen LogP) is 1.93. The Hall–Kier alpha value is -0.110. The van der Waals surface area contributed by atoms with E-state index in [4.69, 9.17) is 0 Å². The molecule has 0 spiro atoms. The quantitative estimate of drug-likeness (QED) is 0.565. The molecule has 2 atom stereocenters. The van der Waals surface area contributed by atoms with Crippen LogP contribution in [0.1, 0.15) is 20.8 Å². The van der Waals surface area contributed by atoms with E-state index in [9.17, 15) is 4.39 Å². The van der Waals surface area contributed by atoms with E-state index >= 15 is 0 Å². The van der Waals surface area contributed by atoms with Crippen LogP contribution >= 0.6 is 0 Å². The fraction of sp³-hybridized carbons (Fsp3) is 1.00. The molecule has 1 nitrogen and oxygen atoms in total. The summed E-state index contributed by atoms with van der Waals surface area (Å²) >= 11 is 0. The molecule has 1 saturated heterocycles. The van der Waals surface area contributed by atoms with Crippen molar-refractivity contribution in [3.8, 4) is 0 Å². The molecule has 2 unspecified atom stereocenters. The molecule has 0 bridgehead atoms. The largest absolute Gasteiger partial charge is 0.303 e. The maximum absolute atomic E-state index is 12.5. The highest BCUT2D eigenvalue weighted by atomic mass is 19.1. The van der Waals surface area contributed by atoms with Gasteiger partial charge in [0.2, 0.25) is 0 Å². The van der Waals surface area contributed by atoms with Gasteiger partial charge in [0.1, 0.15) is 6.17 Å². The Morgan fingerprint density at radius 1 is 1.27 bits per heavy atom. The zero-order valence-electron chi connectivity index (χ0n) is 7.68. The van der Waals surface area contributed by atoms with Gasteiger partial charge in [0.05, 0.1) is 0 Å². The lowest BCUT2D eigenvalue weighted by Gasteiger charge is -2.13. The molecule has 2 fully saturated rings. The van der Waals surface area contributed by atoms with E-state index in [1.54, 1.807) is 0 Å². The van der Waals surface area contributed by atoms with E-state index in [0.717, 1.165) is 19.6 Å². The zero-order valence-corrected chi connectivity index (χ0v) is 7.68. The highest BCUT2D eigenvalue weighted by Gasteiger charge is 2.56. The van der Waals surface area contributed by atoms with Crippen molar-refractivity contribution in [2.24, 2.45) is 11.8 Å². The van der Waals surface area contributed by atoms with E-state index in [1.807, 2.05) is 13.8 Å². The van der Waals surface area contributed by atoms with Crippen LogP contribution in [0.4, 0.5) is 4.39 Å². The summed E-state index contributed by atoms with van der Waals surface area (Å²) in [6.45, 7) is 9.27. The van der Waals surface area contributed by atoms with Gasteiger partial charge in [-0.25, -0.2) is 4.39 Å². The van der Waals surface area contributed by atoms with Gasteiger partial charge in [-0.3, -0.25) is 0 Å². The Labute approximate surface area is 68.6 Å². The van der Waals surface area contributed by atoms with Crippen LogP contribution in [0.5, 0.6) is 0 Å². The van der Waals surface area contributed by atoms with Crippen LogP contribution in [0.15, 0.2) is 0 Å². The molecular weight excluding hydrogens is 141 g/mol. The fourth-order valence-electron chi connectivity index (χ4n) is 1.80. The minimum Gasteiger partial charge on any atom is -0.303 e. The van der Waals surface area contributed by atoms with Gasteiger partial charge in [0.15, 0.2) is 0 Å². The first-order valence-corrected chi connectivity index (χ1v) is 4.69. The molecule has 0 aromatic heterocycles. The first-order chi connectivity index (χ1) is 5.33. The number of fused-ring (bicyclic) bond motifs is 1. The number of halogens is 1. The topological polar surface area (TPSA) is 3.24 Å². The van der Waals surface area contributed by atoms with Gasteiger partial charge in [0.25, 0.3) is 0 Å². The molecule has 0 amide bonds. The maximum atomic E-state index is 12.5. The van der Waals surface area contributed by atoms with Crippen molar-refractivity contribution in [3.05, 3.63) is 0 Å². The Morgan fingerprint density at radius 2 is 1.73 bits per heavy atom. The Bertz CT molecular complexity index is 115. The molecule has 1 heterocycles. The van der Waals surface area contributed by atoms with Crippen LogP contribution in [0, 0.1) is 11.8 Å². The summed E-state index contributed by atoms with van der Waals surface area (Å²) in [6.07, 6.45) is -0.437. The number of hydrogen-bond acceptors (Lipinski definition) is 1. The molecule has 0 aromatic carbocycles.